The lowest BCUT2D eigenvalue weighted by Gasteiger charge is -2.10. The normalized spacial score (nSPS) is 14.0. The molecule has 0 aliphatic carbocycles. The van der Waals surface area contributed by atoms with Crippen LogP contribution in [0.1, 0.15) is 31.8 Å². The van der Waals surface area contributed by atoms with Crippen LogP contribution in [0.25, 0.3) is 17.0 Å². The summed E-state index contributed by atoms with van der Waals surface area (Å²) >= 11 is 5.88. The van der Waals surface area contributed by atoms with E-state index in [1.165, 1.54) is 0 Å². The predicted molar refractivity (Wildman–Crippen MR) is 123 cm³/mol. The second kappa shape index (κ2) is 7.70. The van der Waals surface area contributed by atoms with Crippen molar-refractivity contribution in [3.63, 3.8) is 0 Å². The number of hydrogen-bond donors (Lipinski definition) is 0. The summed E-state index contributed by atoms with van der Waals surface area (Å²) < 4.78 is 13.5. The molecule has 0 radical (unpaired) electrons. The molecule has 0 saturated carbocycles. The number of rotatable bonds is 3. The average Bonchev–Trinajstić information content (AvgIpc) is 3.28. The molecular formula is C26H18ClNO4. The van der Waals surface area contributed by atoms with Gasteiger partial charge in [-0.2, -0.15) is 0 Å². The third kappa shape index (κ3) is 3.37. The Balaban J connectivity index is 1.46. The van der Waals surface area contributed by atoms with Crippen molar-refractivity contribution in [1.29, 1.82) is 0 Å². The first-order valence-electron chi connectivity index (χ1n) is 10.0. The number of ether oxygens (including phenoxy) is 2. The van der Waals surface area contributed by atoms with Gasteiger partial charge in [-0.25, -0.2) is 4.79 Å². The molecule has 3 aromatic carbocycles. The van der Waals surface area contributed by atoms with Gasteiger partial charge in [-0.15, -0.1) is 0 Å². The average molecular weight is 444 g/mol. The van der Waals surface area contributed by atoms with E-state index in [9.17, 15) is 9.59 Å². The van der Waals surface area contributed by atoms with Gasteiger partial charge in [0.05, 0.1) is 11.1 Å². The summed E-state index contributed by atoms with van der Waals surface area (Å²) in [6, 6.07) is 17.6. The summed E-state index contributed by atoms with van der Waals surface area (Å²) in [6.07, 6.45) is 3.72. The largest absolute Gasteiger partial charge is 0.452 e. The standard InChI is InChI=1S/C26H18ClNO4/c1-15-22(32-26(30)16-7-9-18(27)10-8-16)12-11-20-24(29)23(31-25(15)20)13-17-14-28(2)21-6-4-3-5-19(17)21/h3-14H,1-2H3/b23-13+. The number of benzene rings is 3. The van der Waals surface area contributed by atoms with Crippen LogP contribution < -0.4 is 9.47 Å². The van der Waals surface area contributed by atoms with Crippen LogP contribution in [-0.2, 0) is 7.05 Å². The highest BCUT2D eigenvalue weighted by Crippen LogP contribution is 2.40. The van der Waals surface area contributed by atoms with Crippen LogP contribution in [0.15, 0.2) is 72.6 Å². The number of aromatic nitrogens is 1. The molecule has 0 atom stereocenters. The Morgan fingerprint density at radius 2 is 1.81 bits per heavy atom. The number of hydrogen-bond acceptors (Lipinski definition) is 4. The Bertz CT molecular complexity index is 1430. The van der Waals surface area contributed by atoms with Crippen molar-refractivity contribution in [2.75, 3.05) is 0 Å². The van der Waals surface area contributed by atoms with Gasteiger partial charge in [-0.05, 0) is 55.5 Å². The van der Waals surface area contributed by atoms with E-state index in [0.717, 1.165) is 16.5 Å². The van der Waals surface area contributed by atoms with E-state index in [1.807, 2.05) is 42.1 Å². The fraction of sp³-hybridized carbons (Fsp3) is 0.0769. The fourth-order valence-electron chi connectivity index (χ4n) is 3.85. The first-order chi connectivity index (χ1) is 15.4. The lowest BCUT2D eigenvalue weighted by molar-refractivity contribution is 0.0733. The molecule has 0 unspecified atom stereocenters. The summed E-state index contributed by atoms with van der Waals surface area (Å²) in [5.41, 5.74) is 3.36. The Morgan fingerprint density at radius 3 is 2.59 bits per heavy atom. The second-order valence-electron chi connectivity index (χ2n) is 7.61. The van der Waals surface area contributed by atoms with Crippen molar-refractivity contribution in [3.8, 4) is 11.5 Å². The summed E-state index contributed by atoms with van der Waals surface area (Å²) in [6.45, 7) is 1.76. The minimum atomic E-state index is -0.513. The van der Waals surface area contributed by atoms with Gasteiger partial charge in [-0.3, -0.25) is 4.79 Å². The summed E-state index contributed by atoms with van der Waals surface area (Å²) in [5, 5.41) is 1.57. The number of halogens is 1. The number of fused-ring (bicyclic) bond motifs is 2. The van der Waals surface area contributed by atoms with E-state index < -0.39 is 5.97 Å². The topological polar surface area (TPSA) is 57.5 Å². The van der Waals surface area contributed by atoms with Crippen LogP contribution in [0.5, 0.6) is 11.5 Å². The second-order valence-corrected chi connectivity index (χ2v) is 8.05. The molecule has 2 heterocycles. The molecule has 158 valence electrons. The quantitative estimate of drug-likeness (QED) is 0.222. The number of carbonyl (C=O) groups is 2. The first-order valence-corrected chi connectivity index (χ1v) is 10.4. The molecule has 6 heteroatoms. The molecular weight excluding hydrogens is 426 g/mol. The highest BCUT2D eigenvalue weighted by Gasteiger charge is 2.31. The van der Waals surface area contributed by atoms with Crippen molar-refractivity contribution >= 4 is 40.3 Å². The van der Waals surface area contributed by atoms with E-state index in [4.69, 9.17) is 21.1 Å². The van der Waals surface area contributed by atoms with Crippen LogP contribution in [0.4, 0.5) is 0 Å². The molecule has 32 heavy (non-hydrogen) atoms. The number of para-hydroxylation sites is 1. The lowest BCUT2D eigenvalue weighted by atomic mass is 10.1. The molecule has 0 fully saturated rings. The minimum absolute atomic E-state index is 0.202. The van der Waals surface area contributed by atoms with Gasteiger partial charge in [0, 0.05) is 40.3 Å². The van der Waals surface area contributed by atoms with Gasteiger partial charge in [0.15, 0.2) is 5.76 Å². The monoisotopic (exact) mass is 443 g/mol. The first kappa shape index (κ1) is 20.1. The number of nitrogens with zero attached hydrogens (tertiary/aromatic N) is 1. The zero-order valence-corrected chi connectivity index (χ0v) is 18.1. The van der Waals surface area contributed by atoms with E-state index in [0.29, 0.717) is 33.2 Å². The Labute approximate surface area is 189 Å². The van der Waals surface area contributed by atoms with Gasteiger partial charge < -0.3 is 14.0 Å². The summed E-state index contributed by atoms with van der Waals surface area (Å²) in [5.74, 6) is 0.263. The highest BCUT2D eigenvalue weighted by atomic mass is 35.5. The molecule has 1 aliphatic rings. The molecule has 0 amide bonds. The number of ketones is 1. The van der Waals surface area contributed by atoms with Crippen LogP contribution in [0, 0.1) is 6.92 Å². The third-order valence-corrected chi connectivity index (χ3v) is 5.79. The van der Waals surface area contributed by atoms with Gasteiger partial charge >= 0.3 is 5.97 Å². The van der Waals surface area contributed by atoms with Gasteiger partial charge in [-0.1, -0.05) is 29.8 Å². The number of aryl methyl sites for hydroxylation is 1. The Kier molecular flexibility index (Phi) is 4.83. The Morgan fingerprint density at radius 1 is 1.06 bits per heavy atom. The van der Waals surface area contributed by atoms with Gasteiger partial charge in [0.25, 0.3) is 0 Å². The van der Waals surface area contributed by atoms with Crippen molar-refractivity contribution < 1.29 is 19.1 Å². The smallest absolute Gasteiger partial charge is 0.343 e. The number of Topliss-reactive ketones (excluding diaryl/α,β-unsaturated/α-hetero) is 1. The van der Waals surface area contributed by atoms with Gasteiger partial charge in [0.2, 0.25) is 5.78 Å². The van der Waals surface area contributed by atoms with Crippen LogP contribution in [-0.4, -0.2) is 16.3 Å². The highest BCUT2D eigenvalue weighted by molar-refractivity contribution is 6.30. The molecule has 0 spiro atoms. The van der Waals surface area contributed by atoms with Crippen LogP contribution in [0.2, 0.25) is 5.02 Å². The molecule has 5 rings (SSSR count). The van der Waals surface area contributed by atoms with Crippen LogP contribution >= 0.6 is 11.6 Å². The SMILES string of the molecule is Cc1c(OC(=O)c2ccc(Cl)cc2)ccc2c1O/C(=C/c1cn(C)c3ccccc13)C2=O. The minimum Gasteiger partial charge on any atom is -0.452 e. The Hall–Kier alpha value is -3.83. The maximum Gasteiger partial charge on any atom is 0.343 e. The molecule has 1 aliphatic heterocycles. The molecule has 0 N–H and O–H groups in total. The van der Waals surface area contributed by atoms with Crippen molar-refractivity contribution in [3.05, 3.63) is 99.9 Å². The van der Waals surface area contributed by atoms with E-state index in [1.54, 1.807) is 49.4 Å². The zero-order valence-electron chi connectivity index (χ0n) is 17.4. The number of allylic oxidation sites excluding steroid dienone is 1. The van der Waals surface area contributed by atoms with E-state index in [2.05, 4.69) is 0 Å². The molecule has 0 saturated heterocycles. The predicted octanol–water partition coefficient (Wildman–Crippen LogP) is 5.98. The maximum absolute atomic E-state index is 13.0. The molecule has 4 aromatic rings. The fourth-order valence-corrected chi connectivity index (χ4v) is 3.98. The third-order valence-electron chi connectivity index (χ3n) is 5.53. The number of carbonyl (C=O) groups excluding carboxylic acids is 2. The van der Waals surface area contributed by atoms with Crippen molar-refractivity contribution in [2.45, 2.75) is 6.92 Å². The lowest BCUT2D eigenvalue weighted by Crippen LogP contribution is -2.09. The molecule has 0 bridgehead atoms. The summed E-state index contributed by atoms with van der Waals surface area (Å²) in [7, 11) is 1.96. The van der Waals surface area contributed by atoms with Crippen molar-refractivity contribution in [2.24, 2.45) is 7.05 Å². The van der Waals surface area contributed by atoms with Gasteiger partial charge in [0.1, 0.15) is 11.5 Å². The van der Waals surface area contributed by atoms with E-state index in [-0.39, 0.29) is 11.5 Å². The maximum atomic E-state index is 13.0. The zero-order chi connectivity index (χ0) is 22.4. The number of esters is 1. The van der Waals surface area contributed by atoms with E-state index >= 15 is 0 Å². The molecule has 1 aromatic heterocycles. The summed E-state index contributed by atoms with van der Waals surface area (Å²) in [4.78, 5) is 25.5. The molecule has 5 nitrogen and oxygen atoms in total. The van der Waals surface area contributed by atoms with Crippen LogP contribution in [0.3, 0.4) is 0 Å². The van der Waals surface area contributed by atoms with Crippen molar-refractivity contribution in [1.82, 2.24) is 4.57 Å².